The molecule has 1 aliphatic carbocycles. The van der Waals surface area contributed by atoms with Crippen molar-refractivity contribution in [3.8, 4) is 0 Å². The lowest BCUT2D eigenvalue weighted by atomic mass is 10.00. The average molecular weight is 367 g/mol. The molecule has 8 nitrogen and oxygen atoms in total. The Labute approximate surface area is 146 Å². The molecule has 0 heterocycles. The SMILES string of the molecule is CCN(CC)C1=CC(O)(O)[C@@H](N=Nc2ccccc2)C=C1S(=O)(=O)O. The molecule has 0 saturated heterocycles. The topological polar surface area (TPSA) is 123 Å². The van der Waals surface area contributed by atoms with Gasteiger partial charge in [0.05, 0.1) is 11.4 Å². The van der Waals surface area contributed by atoms with E-state index in [9.17, 15) is 23.2 Å². The van der Waals surface area contributed by atoms with Gasteiger partial charge in [0, 0.05) is 19.2 Å². The third-order valence-corrected chi connectivity index (χ3v) is 4.68. The highest BCUT2D eigenvalue weighted by Gasteiger charge is 2.40. The van der Waals surface area contributed by atoms with Crippen LogP contribution in [0.1, 0.15) is 13.8 Å². The molecular formula is C16H21N3O5S. The normalized spacial score (nSPS) is 20.3. The van der Waals surface area contributed by atoms with E-state index in [2.05, 4.69) is 10.2 Å². The van der Waals surface area contributed by atoms with Crippen molar-refractivity contribution in [2.75, 3.05) is 13.1 Å². The molecule has 9 heteroatoms. The van der Waals surface area contributed by atoms with Crippen LogP contribution in [0.15, 0.2) is 63.3 Å². The summed E-state index contributed by atoms with van der Waals surface area (Å²) < 4.78 is 33.0. The van der Waals surface area contributed by atoms with Crippen molar-refractivity contribution in [3.63, 3.8) is 0 Å². The fourth-order valence-corrected chi connectivity index (χ4v) is 3.23. The first-order valence-electron chi connectivity index (χ1n) is 7.77. The Kier molecular flexibility index (Phi) is 5.73. The molecule has 1 aromatic carbocycles. The maximum atomic E-state index is 11.7. The molecule has 0 saturated carbocycles. The summed E-state index contributed by atoms with van der Waals surface area (Å²) in [4.78, 5) is 1.16. The molecular weight excluding hydrogens is 346 g/mol. The van der Waals surface area contributed by atoms with E-state index in [1.807, 2.05) is 0 Å². The van der Waals surface area contributed by atoms with Gasteiger partial charge in [-0.05, 0) is 32.1 Å². The quantitative estimate of drug-likeness (QED) is 0.400. The Morgan fingerprint density at radius 2 is 1.76 bits per heavy atom. The highest BCUT2D eigenvalue weighted by Crippen LogP contribution is 2.32. The number of azo groups is 1. The molecule has 0 unspecified atom stereocenters. The van der Waals surface area contributed by atoms with E-state index < -0.39 is 26.9 Å². The molecule has 1 atom stereocenters. The molecule has 3 N–H and O–H groups in total. The molecule has 1 aromatic rings. The van der Waals surface area contributed by atoms with Crippen LogP contribution in [-0.4, -0.2) is 53.0 Å². The zero-order chi connectivity index (χ0) is 18.7. The Balaban J connectivity index is 2.46. The minimum absolute atomic E-state index is 0.0173. The van der Waals surface area contributed by atoms with E-state index in [-0.39, 0.29) is 5.70 Å². The van der Waals surface area contributed by atoms with E-state index in [1.165, 1.54) is 0 Å². The maximum Gasteiger partial charge on any atom is 0.296 e. The van der Waals surface area contributed by atoms with Gasteiger partial charge in [-0.25, -0.2) is 0 Å². The summed E-state index contributed by atoms with van der Waals surface area (Å²) in [6, 6.07) is 7.19. The first-order valence-corrected chi connectivity index (χ1v) is 9.21. The van der Waals surface area contributed by atoms with Crippen LogP contribution in [-0.2, 0) is 10.1 Å². The molecule has 0 fully saturated rings. The van der Waals surface area contributed by atoms with Gasteiger partial charge >= 0.3 is 0 Å². The van der Waals surface area contributed by atoms with E-state index in [0.717, 1.165) is 12.2 Å². The standard InChI is InChI=1S/C16H21N3O5S/c1-3-19(4-2)13-11-16(20,21)15(10-14(13)25(22,23)24)18-17-12-8-6-5-7-9-12/h5-11,15,20-21H,3-4H2,1-2H3,(H,22,23,24)/t15-/m0/s1. The molecule has 0 bridgehead atoms. The number of hydrogen-bond acceptors (Lipinski definition) is 7. The number of nitrogens with zero attached hydrogens (tertiary/aromatic N) is 3. The smallest absolute Gasteiger partial charge is 0.296 e. The Hall–Kier alpha value is -2.07. The van der Waals surface area contributed by atoms with Crippen LogP contribution in [0.2, 0.25) is 0 Å². The number of rotatable bonds is 6. The largest absolute Gasteiger partial charge is 0.371 e. The summed E-state index contributed by atoms with van der Waals surface area (Å²) >= 11 is 0. The predicted molar refractivity (Wildman–Crippen MR) is 92.6 cm³/mol. The van der Waals surface area contributed by atoms with E-state index >= 15 is 0 Å². The molecule has 25 heavy (non-hydrogen) atoms. The molecule has 2 rings (SSSR count). The maximum absolute atomic E-state index is 11.7. The number of aliphatic hydroxyl groups is 2. The van der Waals surface area contributed by atoms with Gasteiger partial charge in [0.2, 0.25) is 5.79 Å². The lowest BCUT2D eigenvalue weighted by molar-refractivity contribution is -0.128. The summed E-state index contributed by atoms with van der Waals surface area (Å²) in [6.07, 6.45) is 1.97. The van der Waals surface area contributed by atoms with Gasteiger partial charge < -0.3 is 15.1 Å². The molecule has 1 aliphatic rings. The molecule has 0 amide bonds. The monoisotopic (exact) mass is 367 g/mol. The zero-order valence-electron chi connectivity index (χ0n) is 13.9. The lowest BCUT2D eigenvalue weighted by Gasteiger charge is -2.33. The van der Waals surface area contributed by atoms with E-state index in [1.54, 1.807) is 49.1 Å². The van der Waals surface area contributed by atoms with Crippen molar-refractivity contribution in [1.29, 1.82) is 0 Å². The lowest BCUT2D eigenvalue weighted by Crippen LogP contribution is -2.43. The zero-order valence-corrected chi connectivity index (χ0v) is 14.8. The third-order valence-electron chi connectivity index (χ3n) is 3.78. The second-order valence-corrected chi connectivity index (χ2v) is 6.88. The van der Waals surface area contributed by atoms with Gasteiger partial charge in [0.15, 0.2) is 0 Å². The predicted octanol–water partition coefficient (Wildman–Crippen LogP) is 1.83. The second kappa shape index (κ2) is 7.44. The summed E-state index contributed by atoms with van der Waals surface area (Å²) in [5.41, 5.74) is 0.488. The Bertz CT molecular complexity index is 796. The average Bonchev–Trinajstić information content (AvgIpc) is 2.54. The first-order chi connectivity index (χ1) is 11.7. The van der Waals surface area contributed by atoms with Crippen LogP contribution < -0.4 is 0 Å². The molecule has 0 aliphatic heterocycles. The van der Waals surface area contributed by atoms with Gasteiger partial charge in [-0.2, -0.15) is 18.6 Å². The van der Waals surface area contributed by atoms with Gasteiger partial charge in [-0.3, -0.25) is 4.55 Å². The van der Waals surface area contributed by atoms with Crippen molar-refractivity contribution in [2.24, 2.45) is 10.2 Å². The molecule has 136 valence electrons. The summed E-state index contributed by atoms with van der Waals surface area (Å²) in [6.45, 7) is 4.40. The fourth-order valence-electron chi connectivity index (χ4n) is 2.48. The Morgan fingerprint density at radius 3 is 2.28 bits per heavy atom. The Morgan fingerprint density at radius 1 is 1.16 bits per heavy atom. The van der Waals surface area contributed by atoms with Crippen molar-refractivity contribution in [1.82, 2.24) is 4.90 Å². The van der Waals surface area contributed by atoms with Crippen molar-refractivity contribution in [3.05, 3.63) is 53.1 Å². The molecule has 0 aromatic heterocycles. The van der Waals surface area contributed by atoms with Crippen LogP contribution in [0.4, 0.5) is 5.69 Å². The van der Waals surface area contributed by atoms with Crippen LogP contribution in [0.5, 0.6) is 0 Å². The fraction of sp³-hybridized carbons (Fsp3) is 0.375. The van der Waals surface area contributed by atoms with Crippen LogP contribution in [0.25, 0.3) is 0 Å². The van der Waals surface area contributed by atoms with Crippen LogP contribution >= 0.6 is 0 Å². The van der Waals surface area contributed by atoms with Crippen LogP contribution in [0, 0.1) is 0 Å². The van der Waals surface area contributed by atoms with Crippen LogP contribution in [0.3, 0.4) is 0 Å². The molecule has 0 radical (unpaired) electrons. The van der Waals surface area contributed by atoms with Crippen molar-refractivity contribution >= 4 is 15.8 Å². The number of benzene rings is 1. The summed E-state index contributed by atoms with van der Waals surface area (Å²) in [7, 11) is -4.58. The number of hydrogen-bond donors (Lipinski definition) is 3. The first kappa shape index (κ1) is 19.3. The van der Waals surface area contributed by atoms with Crippen molar-refractivity contribution < 1.29 is 23.2 Å². The highest BCUT2D eigenvalue weighted by molar-refractivity contribution is 7.90. The minimum Gasteiger partial charge on any atom is -0.371 e. The number of likely N-dealkylation sites (N-methyl/N-ethyl adjacent to an activating group) is 1. The van der Waals surface area contributed by atoms with E-state index in [4.69, 9.17) is 0 Å². The van der Waals surface area contributed by atoms with E-state index in [0.29, 0.717) is 18.8 Å². The third kappa shape index (κ3) is 4.51. The van der Waals surface area contributed by atoms with Gasteiger partial charge in [0.1, 0.15) is 10.9 Å². The van der Waals surface area contributed by atoms with Gasteiger partial charge in [-0.15, -0.1) is 0 Å². The summed E-state index contributed by atoms with van der Waals surface area (Å²) in [5.74, 6) is -2.44. The summed E-state index contributed by atoms with van der Waals surface area (Å²) in [5, 5.41) is 28.3. The second-order valence-electron chi connectivity index (χ2n) is 5.49. The highest BCUT2D eigenvalue weighted by atomic mass is 32.2. The van der Waals surface area contributed by atoms with Crippen molar-refractivity contribution in [2.45, 2.75) is 25.7 Å². The minimum atomic E-state index is -4.58. The van der Waals surface area contributed by atoms with Gasteiger partial charge in [-0.1, -0.05) is 18.2 Å². The van der Waals surface area contributed by atoms with Gasteiger partial charge in [0.25, 0.3) is 10.1 Å². The molecule has 0 spiro atoms.